The van der Waals surface area contributed by atoms with Gasteiger partial charge in [0.15, 0.2) is 0 Å². The standard InChI is InChI=1S/C58H84N10O13S/c1-35(2)42(66(11)53(76)47(56(6,7)8)63-52(75)48(67(12)55(78)79)57(9,10)38-20-15-13-16-21-38)34-37(5)49(72)65-82(80,81)40-26-24-39(25-27-40)58(30-31-58)64-50(73)41(22-19-32-60-54(59)77)61-51(74)46(36(3)4)62-43(69)23-17-14-18-33-68-44(70)28-29-45(68)71/h13,15-16,20-21,24-29,34-36,41-42,46-48H,14,17-19,22-23,30-33H2,1-12H3,(H,61,74)(H,62,69)(H,63,75)(H,64,73)(H,65,72)(H,78,79)(H3,59,60,77)/t41-,42-,46-,47-,48?/m1/s1. The molecule has 0 spiro atoms. The van der Waals surface area contributed by atoms with Gasteiger partial charge in [-0.3, -0.25) is 48.2 Å². The molecule has 1 aliphatic carbocycles. The molecule has 0 radical (unpaired) electrons. The van der Waals surface area contributed by atoms with E-state index in [1.807, 2.05) is 0 Å². The van der Waals surface area contributed by atoms with Crippen LogP contribution in [0.25, 0.3) is 0 Å². The molecule has 0 bridgehead atoms. The van der Waals surface area contributed by atoms with E-state index < -0.39 is 110 Å². The van der Waals surface area contributed by atoms with E-state index in [4.69, 9.17) is 5.73 Å². The highest BCUT2D eigenvalue weighted by atomic mass is 32.2. The number of imide groups is 1. The number of carbonyl (C=O) groups is 10. The molecule has 2 aromatic carbocycles. The highest BCUT2D eigenvalue weighted by Gasteiger charge is 2.48. The summed E-state index contributed by atoms with van der Waals surface area (Å²) in [5.41, 5.74) is 3.58. The van der Waals surface area contributed by atoms with Crippen LogP contribution in [0.3, 0.4) is 0 Å². The van der Waals surface area contributed by atoms with Crippen molar-refractivity contribution in [2.75, 3.05) is 27.2 Å². The van der Waals surface area contributed by atoms with E-state index in [0.717, 1.165) is 9.80 Å². The second-order valence-electron chi connectivity index (χ2n) is 23.5. The number of hydrogen-bond donors (Lipinski definition) is 8. The van der Waals surface area contributed by atoms with Crippen molar-refractivity contribution >= 4 is 69.4 Å². The Bertz CT molecular complexity index is 2840. The number of primary amides is 1. The molecular weight excluding hydrogens is 1080 g/mol. The van der Waals surface area contributed by atoms with Crippen LogP contribution in [0.4, 0.5) is 9.59 Å². The summed E-state index contributed by atoms with van der Waals surface area (Å²) in [5.74, 6) is -5.28. The number of carbonyl (C=O) groups excluding carboxylic acids is 9. The largest absolute Gasteiger partial charge is 0.465 e. The summed E-state index contributed by atoms with van der Waals surface area (Å²) in [5, 5.41) is 23.9. The van der Waals surface area contributed by atoms with Gasteiger partial charge in [-0.25, -0.2) is 22.7 Å². The number of likely N-dealkylation sites (N-methyl/N-ethyl adjacent to an activating group) is 2. The lowest BCUT2D eigenvalue weighted by Gasteiger charge is -2.41. The second-order valence-corrected chi connectivity index (χ2v) is 25.2. The molecule has 1 unspecified atom stereocenters. The monoisotopic (exact) mass is 1160 g/mol. The van der Waals surface area contributed by atoms with E-state index in [1.54, 1.807) is 92.6 Å². The van der Waals surface area contributed by atoms with Gasteiger partial charge < -0.3 is 42.3 Å². The summed E-state index contributed by atoms with van der Waals surface area (Å²) >= 11 is 0. The molecule has 23 nitrogen and oxygen atoms in total. The summed E-state index contributed by atoms with van der Waals surface area (Å²) in [7, 11) is -1.69. The minimum Gasteiger partial charge on any atom is -0.465 e. The Labute approximate surface area is 481 Å². The number of rotatable bonds is 29. The summed E-state index contributed by atoms with van der Waals surface area (Å²) < 4.78 is 29.6. The van der Waals surface area contributed by atoms with Crippen molar-refractivity contribution in [3.63, 3.8) is 0 Å². The van der Waals surface area contributed by atoms with Gasteiger partial charge in [-0.05, 0) is 86.0 Å². The third-order valence-corrected chi connectivity index (χ3v) is 16.3. The lowest BCUT2D eigenvalue weighted by Crippen LogP contribution is -2.62. The van der Waals surface area contributed by atoms with Crippen molar-refractivity contribution in [3.8, 4) is 0 Å². The fraction of sp³-hybridized carbons (Fsp3) is 0.552. The van der Waals surface area contributed by atoms with Gasteiger partial charge >= 0.3 is 12.1 Å². The van der Waals surface area contributed by atoms with Gasteiger partial charge in [0.2, 0.25) is 29.5 Å². The van der Waals surface area contributed by atoms with Crippen LogP contribution in [0.1, 0.15) is 132 Å². The Balaban J connectivity index is 1.45. The predicted molar refractivity (Wildman–Crippen MR) is 306 cm³/mol. The van der Waals surface area contributed by atoms with Crippen molar-refractivity contribution in [3.05, 3.63) is 89.5 Å². The molecule has 2 aromatic rings. The molecule has 24 heteroatoms. The third-order valence-electron chi connectivity index (χ3n) is 14.9. The SMILES string of the molecule is CC(=C[C@H](C(C)C)N(C)C(=O)[C@@H](NC(=O)C(N(C)C(=O)O)C(C)(C)c1ccccc1)C(C)(C)C)C(=O)NS(=O)(=O)c1ccc(C2(NC(=O)[C@@H](CCCNC(N)=O)NC(=O)[C@H](NC(=O)CCCCCN3C(=O)C=CC3=O)C(C)C)CC2)cc1. The Morgan fingerprint density at radius 3 is 1.89 bits per heavy atom. The van der Waals surface area contributed by atoms with Crippen molar-refractivity contribution in [1.82, 2.24) is 46.0 Å². The number of urea groups is 1. The van der Waals surface area contributed by atoms with Crippen LogP contribution >= 0.6 is 0 Å². The minimum absolute atomic E-state index is 0.0331. The summed E-state index contributed by atoms with van der Waals surface area (Å²) in [4.78, 5) is 134. The van der Waals surface area contributed by atoms with Crippen LogP contribution in [0.2, 0.25) is 0 Å². The number of benzene rings is 2. The van der Waals surface area contributed by atoms with E-state index in [2.05, 4.69) is 31.3 Å². The lowest BCUT2D eigenvalue weighted by molar-refractivity contribution is -0.141. The van der Waals surface area contributed by atoms with Crippen molar-refractivity contribution in [2.45, 2.75) is 167 Å². The quantitative estimate of drug-likeness (QED) is 0.0324. The van der Waals surface area contributed by atoms with Crippen LogP contribution < -0.4 is 37.0 Å². The smallest absolute Gasteiger partial charge is 0.407 e. The highest BCUT2D eigenvalue weighted by Crippen LogP contribution is 2.46. The Hall–Kier alpha value is -7.63. The van der Waals surface area contributed by atoms with Crippen molar-refractivity contribution in [2.24, 2.45) is 23.0 Å². The molecule has 1 aliphatic heterocycles. The van der Waals surface area contributed by atoms with Gasteiger partial charge in [0.25, 0.3) is 27.7 Å². The van der Waals surface area contributed by atoms with Gasteiger partial charge in [-0.1, -0.05) is 117 Å². The zero-order chi connectivity index (χ0) is 61.7. The zero-order valence-corrected chi connectivity index (χ0v) is 50.0. The Kier molecular flexibility index (Phi) is 23.1. The van der Waals surface area contributed by atoms with E-state index in [1.165, 1.54) is 68.4 Å². The number of sulfonamides is 1. The number of carboxylic acid groups (broad SMARTS) is 1. The van der Waals surface area contributed by atoms with Crippen LogP contribution in [0, 0.1) is 17.3 Å². The van der Waals surface area contributed by atoms with Gasteiger partial charge in [-0.2, -0.15) is 0 Å². The molecule has 1 heterocycles. The minimum atomic E-state index is -4.49. The molecule has 11 amide bonds. The summed E-state index contributed by atoms with van der Waals surface area (Å²) in [6, 6.07) is 8.40. The van der Waals surface area contributed by atoms with E-state index >= 15 is 0 Å². The molecular formula is C58H84N10O13S. The number of nitrogens with two attached hydrogens (primary N) is 1. The Morgan fingerprint density at radius 2 is 1.37 bits per heavy atom. The molecule has 2 aliphatic rings. The summed E-state index contributed by atoms with van der Waals surface area (Å²) in [6.45, 7) is 17.6. The normalized spacial score (nSPS) is 16.1. The number of nitrogens with zero attached hydrogens (tertiary/aromatic N) is 3. The molecule has 5 atom stereocenters. The molecule has 9 N–H and O–H groups in total. The van der Waals surface area contributed by atoms with Crippen molar-refractivity contribution < 1.29 is 61.5 Å². The summed E-state index contributed by atoms with van der Waals surface area (Å²) in [6.07, 6.45) is 5.32. The van der Waals surface area contributed by atoms with E-state index in [0.29, 0.717) is 43.2 Å². The number of amides is 11. The van der Waals surface area contributed by atoms with Crippen LogP contribution in [0.5, 0.6) is 0 Å². The maximum Gasteiger partial charge on any atom is 0.407 e. The van der Waals surface area contributed by atoms with Crippen molar-refractivity contribution in [1.29, 1.82) is 0 Å². The van der Waals surface area contributed by atoms with Crippen LogP contribution in [-0.2, 0) is 59.3 Å². The fourth-order valence-electron chi connectivity index (χ4n) is 9.79. The fourth-order valence-corrected chi connectivity index (χ4v) is 10.8. The molecule has 4 rings (SSSR count). The van der Waals surface area contributed by atoms with Crippen LogP contribution in [-0.4, -0.2) is 145 Å². The number of hydrogen-bond acceptors (Lipinski definition) is 12. The molecule has 82 heavy (non-hydrogen) atoms. The first kappa shape index (κ1) is 66.9. The first-order chi connectivity index (χ1) is 38.1. The maximum absolute atomic E-state index is 14.5. The molecule has 1 saturated carbocycles. The molecule has 450 valence electrons. The zero-order valence-electron chi connectivity index (χ0n) is 49.2. The third kappa shape index (κ3) is 17.9. The predicted octanol–water partition coefficient (Wildman–Crippen LogP) is 4.07. The molecule has 1 fully saturated rings. The average Bonchev–Trinajstić information content (AvgIpc) is 3.66. The van der Waals surface area contributed by atoms with Gasteiger partial charge in [-0.15, -0.1) is 0 Å². The second kappa shape index (κ2) is 28.4. The van der Waals surface area contributed by atoms with E-state index in [9.17, 15) is 61.5 Å². The van der Waals surface area contributed by atoms with Gasteiger partial charge in [0.05, 0.1) is 16.5 Å². The lowest BCUT2D eigenvalue weighted by atomic mass is 9.76. The highest BCUT2D eigenvalue weighted by molar-refractivity contribution is 7.90. The topological polar surface area (TPSA) is 333 Å². The number of unbranched alkanes of at least 4 members (excludes halogenated alkanes) is 2. The molecule has 0 saturated heterocycles. The Morgan fingerprint density at radius 1 is 0.768 bits per heavy atom. The van der Waals surface area contributed by atoms with Gasteiger partial charge in [0, 0.05) is 56.7 Å². The van der Waals surface area contributed by atoms with E-state index in [-0.39, 0.29) is 60.6 Å². The first-order valence-electron chi connectivity index (χ1n) is 27.6. The van der Waals surface area contributed by atoms with Gasteiger partial charge in [0.1, 0.15) is 24.2 Å². The molecule has 0 aromatic heterocycles. The number of nitrogens with one attached hydrogen (secondary N) is 6. The average molecular weight is 1160 g/mol. The maximum atomic E-state index is 14.5. The first-order valence-corrected chi connectivity index (χ1v) is 29.1. The van der Waals surface area contributed by atoms with Crippen LogP contribution in [0.15, 0.2) is 83.3 Å².